The number of hydrogen-bond acceptors (Lipinski definition) is 5. The minimum atomic E-state index is -0.669. The highest BCUT2D eigenvalue weighted by atomic mass is 35.5. The number of halogens is 1. The smallest absolute Gasteiger partial charge is 0.251 e. The fraction of sp³-hybridized carbons (Fsp3) is 0.148. The minimum absolute atomic E-state index is 0.182. The van der Waals surface area contributed by atoms with Gasteiger partial charge in [0.1, 0.15) is 11.8 Å². The Labute approximate surface area is 206 Å². The zero-order valence-electron chi connectivity index (χ0n) is 19.4. The van der Waals surface area contributed by atoms with Gasteiger partial charge in [0.15, 0.2) is 0 Å². The third-order valence-corrected chi connectivity index (χ3v) is 6.74. The Morgan fingerprint density at radius 2 is 1.80 bits per heavy atom. The van der Waals surface area contributed by atoms with E-state index in [2.05, 4.69) is 23.0 Å². The van der Waals surface area contributed by atoms with Crippen LogP contribution in [-0.2, 0) is 19.5 Å². The number of rotatable bonds is 4. The molecule has 0 aliphatic carbocycles. The normalized spacial score (nSPS) is 12.9. The maximum atomic E-state index is 12.8. The van der Waals surface area contributed by atoms with Crippen molar-refractivity contribution in [3.8, 4) is 17.3 Å². The summed E-state index contributed by atoms with van der Waals surface area (Å²) in [6, 6.07) is 20.3. The molecule has 0 amide bonds. The lowest BCUT2D eigenvalue weighted by molar-refractivity contribution is 0.609. The maximum absolute atomic E-state index is 12.8. The summed E-state index contributed by atoms with van der Waals surface area (Å²) >= 11 is 6.19. The lowest BCUT2D eigenvalue weighted by Gasteiger charge is -2.30. The Hall–Kier alpha value is -4.28. The molecule has 0 saturated heterocycles. The second kappa shape index (κ2) is 8.49. The van der Waals surface area contributed by atoms with Gasteiger partial charge in [0.25, 0.3) is 5.56 Å². The highest BCUT2D eigenvalue weighted by molar-refractivity contribution is 6.30. The van der Waals surface area contributed by atoms with Gasteiger partial charge in [-0.3, -0.25) is 4.79 Å². The number of hydrogen-bond donors (Lipinski definition) is 0. The highest BCUT2D eigenvalue weighted by Gasteiger charge is 2.35. The Morgan fingerprint density at radius 1 is 1.03 bits per heavy atom. The van der Waals surface area contributed by atoms with Gasteiger partial charge in [-0.15, -0.1) is 0 Å². The van der Waals surface area contributed by atoms with E-state index in [0.29, 0.717) is 27.3 Å². The zero-order chi connectivity index (χ0) is 24.7. The van der Waals surface area contributed by atoms with Gasteiger partial charge < -0.3 is 9.13 Å². The molecule has 5 aromatic rings. The maximum Gasteiger partial charge on any atom is 0.251 e. The van der Waals surface area contributed by atoms with Crippen LogP contribution in [0.2, 0.25) is 5.02 Å². The molecule has 0 saturated carbocycles. The van der Waals surface area contributed by atoms with Gasteiger partial charge in [-0.05, 0) is 48.9 Å². The molecule has 0 N–H and O–H groups in total. The third kappa shape index (κ3) is 3.69. The Morgan fingerprint density at radius 3 is 2.49 bits per heavy atom. The molecule has 8 heteroatoms. The predicted molar refractivity (Wildman–Crippen MR) is 135 cm³/mol. The minimum Gasteiger partial charge on any atom is -0.337 e. The molecule has 0 bridgehead atoms. The topological polar surface area (TPSA) is 89.4 Å². The van der Waals surface area contributed by atoms with Crippen LogP contribution >= 0.6 is 11.6 Å². The van der Waals surface area contributed by atoms with Crippen LogP contribution in [0.5, 0.6) is 0 Å². The van der Waals surface area contributed by atoms with Crippen molar-refractivity contribution in [2.75, 3.05) is 0 Å². The molecule has 0 fully saturated rings. The van der Waals surface area contributed by atoms with E-state index in [4.69, 9.17) is 16.6 Å². The number of aryl methyl sites for hydroxylation is 2. The fourth-order valence-corrected chi connectivity index (χ4v) is 4.62. The first-order valence-electron chi connectivity index (χ1n) is 10.9. The van der Waals surface area contributed by atoms with E-state index in [0.717, 1.165) is 17.0 Å². The summed E-state index contributed by atoms with van der Waals surface area (Å²) in [4.78, 5) is 26.7. The molecule has 35 heavy (non-hydrogen) atoms. The average Bonchev–Trinajstić information content (AvgIpc) is 3.32. The molecule has 4 aromatic heterocycles. The average molecular weight is 481 g/mol. The van der Waals surface area contributed by atoms with E-state index < -0.39 is 5.41 Å². The number of nitriles is 1. The summed E-state index contributed by atoms with van der Waals surface area (Å²) in [5.41, 5.74) is 4.52. The van der Waals surface area contributed by atoms with Gasteiger partial charge in [-0.2, -0.15) is 5.26 Å². The molecule has 0 aliphatic rings. The summed E-state index contributed by atoms with van der Waals surface area (Å²) in [5, 5.41) is 9.98. The van der Waals surface area contributed by atoms with Crippen LogP contribution in [0.25, 0.3) is 22.3 Å². The first-order chi connectivity index (χ1) is 16.8. The fourth-order valence-electron chi connectivity index (χ4n) is 4.50. The first-order valence-corrected chi connectivity index (χ1v) is 11.3. The summed E-state index contributed by atoms with van der Waals surface area (Å²) < 4.78 is 3.54. The SMILES string of the molecule is Cn1cncc1[C@@](C)(c1ccc(Cl)cc1)c1ccc2c(n1)c(-c1cccc(C#N)n1)cc(=O)n2C. The predicted octanol–water partition coefficient (Wildman–Crippen LogP) is 4.61. The van der Waals surface area contributed by atoms with Crippen LogP contribution in [0.1, 0.15) is 29.6 Å². The molecular weight excluding hydrogens is 460 g/mol. The number of aromatic nitrogens is 5. The van der Waals surface area contributed by atoms with Crippen molar-refractivity contribution in [1.82, 2.24) is 24.1 Å². The van der Waals surface area contributed by atoms with E-state index in [1.54, 1.807) is 36.1 Å². The summed E-state index contributed by atoms with van der Waals surface area (Å²) in [6.45, 7) is 2.09. The molecule has 5 rings (SSSR count). The van der Waals surface area contributed by atoms with Crippen molar-refractivity contribution in [1.29, 1.82) is 5.26 Å². The summed E-state index contributed by atoms with van der Waals surface area (Å²) in [6.07, 6.45) is 3.59. The van der Waals surface area contributed by atoms with Crippen LogP contribution in [-0.4, -0.2) is 24.1 Å². The zero-order valence-corrected chi connectivity index (χ0v) is 20.2. The van der Waals surface area contributed by atoms with E-state index in [1.807, 2.05) is 54.2 Å². The quantitative estimate of drug-likeness (QED) is 0.375. The van der Waals surface area contributed by atoms with Crippen LogP contribution in [0.15, 0.2) is 78.0 Å². The van der Waals surface area contributed by atoms with Crippen molar-refractivity contribution in [2.45, 2.75) is 12.3 Å². The van der Waals surface area contributed by atoms with Crippen LogP contribution < -0.4 is 5.56 Å². The molecule has 0 radical (unpaired) electrons. The van der Waals surface area contributed by atoms with Gasteiger partial charge in [0.2, 0.25) is 0 Å². The molecule has 4 heterocycles. The molecule has 0 aliphatic heterocycles. The highest BCUT2D eigenvalue weighted by Crippen LogP contribution is 2.39. The molecule has 1 aromatic carbocycles. The van der Waals surface area contributed by atoms with E-state index >= 15 is 0 Å². The molecule has 7 nitrogen and oxygen atoms in total. The molecule has 0 spiro atoms. The second-order valence-electron chi connectivity index (χ2n) is 8.56. The number of pyridine rings is 3. The van der Waals surface area contributed by atoms with E-state index in [-0.39, 0.29) is 11.3 Å². The van der Waals surface area contributed by atoms with Crippen molar-refractivity contribution in [3.63, 3.8) is 0 Å². The van der Waals surface area contributed by atoms with Crippen LogP contribution in [0.4, 0.5) is 0 Å². The molecule has 172 valence electrons. The molecule has 0 unspecified atom stereocenters. The Balaban J connectivity index is 1.84. The van der Waals surface area contributed by atoms with E-state index in [9.17, 15) is 10.1 Å². The number of fused-ring (bicyclic) bond motifs is 1. The van der Waals surface area contributed by atoms with Gasteiger partial charge in [0.05, 0.1) is 39.9 Å². The lowest BCUT2D eigenvalue weighted by Crippen LogP contribution is -2.29. The molecule has 1 atom stereocenters. The summed E-state index contributed by atoms with van der Waals surface area (Å²) in [7, 11) is 3.67. The van der Waals surface area contributed by atoms with Crippen molar-refractivity contribution >= 4 is 22.6 Å². The second-order valence-corrected chi connectivity index (χ2v) is 9.00. The van der Waals surface area contributed by atoms with E-state index in [1.165, 1.54) is 6.07 Å². The number of benzene rings is 1. The largest absolute Gasteiger partial charge is 0.337 e. The van der Waals surface area contributed by atoms with Gasteiger partial charge in [0, 0.05) is 36.9 Å². The van der Waals surface area contributed by atoms with Gasteiger partial charge in [-0.1, -0.05) is 29.8 Å². The van der Waals surface area contributed by atoms with Gasteiger partial charge >= 0.3 is 0 Å². The number of imidazole rings is 1. The first kappa shape index (κ1) is 22.5. The lowest BCUT2D eigenvalue weighted by atomic mass is 9.76. The Bertz CT molecular complexity index is 1680. The van der Waals surface area contributed by atoms with Gasteiger partial charge in [-0.25, -0.2) is 15.0 Å². The van der Waals surface area contributed by atoms with Crippen molar-refractivity contribution < 1.29 is 0 Å². The van der Waals surface area contributed by atoms with Crippen molar-refractivity contribution in [3.05, 3.63) is 111 Å². The Kier molecular flexibility index (Phi) is 5.46. The monoisotopic (exact) mass is 480 g/mol. The van der Waals surface area contributed by atoms with Crippen LogP contribution in [0.3, 0.4) is 0 Å². The van der Waals surface area contributed by atoms with Crippen molar-refractivity contribution in [2.24, 2.45) is 14.1 Å². The molecular formula is C27H21ClN6O. The van der Waals surface area contributed by atoms with Crippen LogP contribution in [0, 0.1) is 11.3 Å². The standard InChI is InChI=1S/C27H21ClN6O/c1-27(24-15-30-16-33(24)2,17-7-9-18(28)10-8-17)23-12-11-22-26(32-23)20(13-25(35)34(22)3)21-6-4-5-19(14-29)31-21/h4-13,15-16H,1-3H3/t27-/m0/s1. The number of nitrogens with zero attached hydrogens (tertiary/aromatic N) is 6. The summed E-state index contributed by atoms with van der Waals surface area (Å²) in [5.74, 6) is 0. The third-order valence-electron chi connectivity index (χ3n) is 6.49.